The molecule has 5 heteroatoms. The summed E-state index contributed by atoms with van der Waals surface area (Å²) in [5, 5.41) is 4.02. The number of halogens is 1. The number of nitrogens with one attached hydrogen (secondary N) is 1. The van der Waals surface area contributed by atoms with Crippen molar-refractivity contribution < 1.29 is 4.79 Å². The second-order valence-corrected chi connectivity index (χ2v) is 5.85. The van der Waals surface area contributed by atoms with Crippen LogP contribution in [0.4, 0.5) is 5.69 Å². The Morgan fingerprint density at radius 3 is 3.05 bits per heavy atom. The van der Waals surface area contributed by atoms with Gasteiger partial charge in [0.25, 0.3) is 0 Å². The van der Waals surface area contributed by atoms with Crippen molar-refractivity contribution in [1.82, 2.24) is 4.90 Å². The predicted octanol–water partition coefficient (Wildman–Crippen LogP) is 1.84. The Morgan fingerprint density at radius 2 is 2.32 bits per heavy atom. The van der Waals surface area contributed by atoms with Crippen molar-refractivity contribution in [2.45, 2.75) is 30.8 Å². The van der Waals surface area contributed by atoms with Gasteiger partial charge in [-0.05, 0) is 44.0 Å². The maximum atomic E-state index is 12.1. The molecule has 102 valence electrons. The third-order valence-corrected chi connectivity index (χ3v) is 4.59. The molecule has 1 aromatic carbocycles. The molecule has 1 aromatic rings. The van der Waals surface area contributed by atoms with Gasteiger partial charge in [0.1, 0.15) is 5.54 Å². The van der Waals surface area contributed by atoms with Crippen LogP contribution in [0.25, 0.3) is 0 Å². The second-order valence-electron chi connectivity index (χ2n) is 5.41. The Hall–Kier alpha value is -1.26. The number of nitrogens with zero attached hydrogens (tertiary/aromatic N) is 1. The first-order chi connectivity index (χ1) is 9.12. The van der Waals surface area contributed by atoms with Crippen molar-refractivity contribution in [3.8, 4) is 0 Å². The van der Waals surface area contributed by atoms with Gasteiger partial charge in [0.05, 0.1) is 0 Å². The van der Waals surface area contributed by atoms with E-state index in [4.69, 9.17) is 17.3 Å². The lowest BCUT2D eigenvalue weighted by atomic mass is 9.87. The second kappa shape index (κ2) is 4.69. The SMILES string of the molecule is NC(=O)C1(Nc2cccc(Cl)c2)CCN2CCCC21. The summed E-state index contributed by atoms with van der Waals surface area (Å²) < 4.78 is 0. The smallest absolute Gasteiger partial charge is 0.244 e. The normalized spacial score (nSPS) is 30.3. The zero-order chi connectivity index (χ0) is 13.5. The van der Waals surface area contributed by atoms with E-state index in [9.17, 15) is 4.79 Å². The van der Waals surface area contributed by atoms with Gasteiger partial charge in [-0.2, -0.15) is 0 Å². The maximum Gasteiger partial charge on any atom is 0.244 e. The number of carbonyl (C=O) groups is 1. The van der Waals surface area contributed by atoms with Gasteiger partial charge < -0.3 is 11.1 Å². The summed E-state index contributed by atoms with van der Waals surface area (Å²) in [4.78, 5) is 14.4. The first-order valence-corrected chi connectivity index (χ1v) is 7.07. The number of carbonyl (C=O) groups excluding carboxylic acids is 1. The molecule has 2 unspecified atom stereocenters. The van der Waals surface area contributed by atoms with Crippen LogP contribution in [-0.2, 0) is 4.79 Å². The number of nitrogens with two attached hydrogens (primary N) is 1. The monoisotopic (exact) mass is 279 g/mol. The number of hydrogen-bond acceptors (Lipinski definition) is 3. The van der Waals surface area contributed by atoms with Crippen LogP contribution >= 0.6 is 11.6 Å². The fourth-order valence-electron chi connectivity index (χ4n) is 3.46. The average molecular weight is 280 g/mol. The van der Waals surface area contributed by atoms with Crippen molar-refractivity contribution in [1.29, 1.82) is 0 Å². The van der Waals surface area contributed by atoms with Gasteiger partial charge in [0.15, 0.2) is 0 Å². The molecule has 2 aliphatic rings. The van der Waals surface area contributed by atoms with Gasteiger partial charge in [-0.25, -0.2) is 0 Å². The lowest BCUT2D eigenvalue weighted by molar-refractivity contribution is -0.122. The quantitative estimate of drug-likeness (QED) is 0.888. The summed E-state index contributed by atoms with van der Waals surface area (Å²) in [5.74, 6) is -0.262. The number of hydrogen-bond donors (Lipinski definition) is 2. The van der Waals surface area contributed by atoms with E-state index in [-0.39, 0.29) is 11.9 Å². The van der Waals surface area contributed by atoms with E-state index >= 15 is 0 Å². The van der Waals surface area contributed by atoms with Gasteiger partial charge in [-0.1, -0.05) is 17.7 Å². The molecule has 0 aliphatic carbocycles. The molecule has 2 aliphatic heterocycles. The van der Waals surface area contributed by atoms with Crippen LogP contribution in [0.3, 0.4) is 0 Å². The first-order valence-electron chi connectivity index (χ1n) is 6.69. The summed E-state index contributed by atoms with van der Waals surface area (Å²) in [5.41, 5.74) is 5.92. The molecule has 3 rings (SSSR count). The number of primary amides is 1. The largest absolute Gasteiger partial charge is 0.370 e. The zero-order valence-corrected chi connectivity index (χ0v) is 11.5. The Kier molecular flexibility index (Phi) is 3.15. The van der Waals surface area contributed by atoms with Gasteiger partial charge in [-0.15, -0.1) is 0 Å². The minimum atomic E-state index is -0.652. The fraction of sp³-hybridized carbons (Fsp3) is 0.500. The topological polar surface area (TPSA) is 58.4 Å². The first kappa shape index (κ1) is 12.8. The van der Waals surface area contributed by atoms with Crippen LogP contribution in [0.15, 0.2) is 24.3 Å². The standard InChI is InChI=1S/C14H18ClN3O/c15-10-3-1-4-11(9-10)17-14(13(16)19)6-8-18-7-2-5-12(14)18/h1,3-4,9,12,17H,2,5-8H2,(H2,16,19). The number of fused-ring (bicyclic) bond motifs is 1. The Balaban J connectivity index is 1.91. The van der Waals surface area contributed by atoms with E-state index in [1.165, 1.54) is 0 Å². The molecular formula is C14H18ClN3O. The lowest BCUT2D eigenvalue weighted by Gasteiger charge is -2.34. The molecule has 0 radical (unpaired) electrons. The van der Waals surface area contributed by atoms with Gasteiger partial charge in [-0.3, -0.25) is 9.69 Å². The number of benzene rings is 1. The highest BCUT2D eigenvalue weighted by atomic mass is 35.5. The number of amides is 1. The fourth-order valence-corrected chi connectivity index (χ4v) is 3.65. The van der Waals surface area contributed by atoms with Crippen LogP contribution in [0.2, 0.25) is 5.02 Å². The molecule has 2 atom stereocenters. The Morgan fingerprint density at radius 1 is 1.47 bits per heavy atom. The maximum absolute atomic E-state index is 12.1. The van der Waals surface area contributed by atoms with Gasteiger partial charge >= 0.3 is 0 Å². The van der Waals surface area contributed by atoms with E-state index < -0.39 is 5.54 Å². The third kappa shape index (κ3) is 2.09. The summed E-state index contributed by atoms with van der Waals surface area (Å²) in [7, 11) is 0. The summed E-state index contributed by atoms with van der Waals surface area (Å²) in [6.07, 6.45) is 2.92. The molecule has 3 N–H and O–H groups in total. The van der Waals surface area contributed by atoms with E-state index in [1.807, 2.05) is 24.3 Å². The van der Waals surface area contributed by atoms with Gasteiger partial charge in [0, 0.05) is 23.3 Å². The minimum absolute atomic E-state index is 0.212. The predicted molar refractivity (Wildman–Crippen MR) is 76.2 cm³/mol. The van der Waals surface area contributed by atoms with E-state index in [1.54, 1.807) is 0 Å². The highest BCUT2D eigenvalue weighted by Gasteiger charge is 2.53. The van der Waals surface area contributed by atoms with Crippen molar-refractivity contribution in [3.63, 3.8) is 0 Å². The van der Waals surface area contributed by atoms with Crippen LogP contribution in [0.1, 0.15) is 19.3 Å². The van der Waals surface area contributed by atoms with E-state index in [0.717, 1.165) is 38.0 Å². The van der Waals surface area contributed by atoms with Gasteiger partial charge in [0.2, 0.25) is 5.91 Å². The highest BCUT2D eigenvalue weighted by Crippen LogP contribution is 2.38. The van der Waals surface area contributed by atoms with Crippen molar-refractivity contribution in [2.75, 3.05) is 18.4 Å². The number of anilines is 1. The van der Waals surface area contributed by atoms with E-state index in [0.29, 0.717) is 5.02 Å². The Labute approximate surface area is 117 Å². The number of rotatable bonds is 3. The van der Waals surface area contributed by atoms with Crippen molar-refractivity contribution in [2.24, 2.45) is 5.73 Å². The molecule has 0 spiro atoms. The minimum Gasteiger partial charge on any atom is -0.370 e. The van der Waals surface area contributed by atoms with Crippen molar-refractivity contribution in [3.05, 3.63) is 29.3 Å². The molecule has 2 heterocycles. The molecule has 2 fully saturated rings. The van der Waals surface area contributed by atoms with E-state index in [2.05, 4.69) is 10.2 Å². The molecule has 0 aromatic heterocycles. The summed E-state index contributed by atoms with van der Waals surface area (Å²) in [6.45, 7) is 2.00. The van der Waals surface area contributed by atoms with Crippen molar-refractivity contribution >= 4 is 23.2 Å². The summed E-state index contributed by atoms with van der Waals surface area (Å²) in [6, 6.07) is 7.67. The molecule has 0 bridgehead atoms. The molecule has 1 amide bonds. The van der Waals surface area contributed by atoms with Crippen LogP contribution < -0.4 is 11.1 Å². The van der Waals surface area contributed by atoms with Crippen LogP contribution in [0.5, 0.6) is 0 Å². The molecule has 2 saturated heterocycles. The van der Waals surface area contributed by atoms with Crippen LogP contribution in [0, 0.1) is 0 Å². The zero-order valence-electron chi connectivity index (χ0n) is 10.7. The van der Waals surface area contributed by atoms with Crippen LogP contribution in [-0.4, -0.2) is 35.5 Å². The summed E-state index contributed by atoms with van der Waals surface area (Å²) >= 11 is 6.00. The molecular weight excluding hydrogens is 262 g/mol. The third-order valence-electron chi connectivity index (χ3n) is 4.36. The average Bonchev–Trinajstić information content (AvgIpc) is 2.93. The molecule has 0 saturated carbocycles. The Bertz CT molecular complexity index is 507. The highest BCUT2D eigenvalue weighted by molar-refractivity contribution is 6.30. The molecule has 4 nitrogen and oxygen atoms in total. The lowest BCUT2D eigenvalue weighted by Crippen LogP contribution is -2.57. The molecule has 19 heavy (non-hydrogen) atoms.